The van der Waals surface area contributed by atoms with E-state index in [1.807, 2.05) is 24.4 Å². The van der Waals surface area contributed by atoms with Crippen LogP contribution in [0.4, 0.5) is 5.82 Å². The topological polar surface area (TPSA) is 98.5 Å². The molecule has 162 valence electrons. The number of methoxy groups -OCH3 is 1. The number of nitrogens with zero attached hydrogens (tertiary/aromatic N) is 3. The monoisotopic (exact) mass is 421 g/mol. The van der Waals surface area contributed by atoms with E-state index in [1.54, 1.807) is 13.3 Å². The molecule has 8 heteroatoms. The van der Waals surface area contributed by atoms with Gasteiger partial charge in [-0.05, 0) is 36.7 Å². The average Bonchev–Trinajstić information content (AvgIpc) is 3.38. The number of nitrogens with two attached hydrogens (primary N) is 1. The molecule has 2 aliphatic rings. The van der Waals surface area contributed by atoms with Crippen LogP contribution in [0.15, 0.2) is 36.7 Å². The van der Waals surface area contributed by atoms with Crippen LogP contribution in [-0.4, -0.2) is 53.5 Å². The van der Waals surface area contributed by atoms with Crippen molar-refractivity contribution in [3.8, 4) is 28.4 Å². The molecule has 4 heterocycles. The van der Waals surface area contributed by atoms with Gasteiger partial charge in [-0.3, -0.25) is 10.00 Å². The molecular formula is C23H27N5O3. The first-order valence-electron chi connectivity index (χ1n) is 10.7. The summed E-state index contributed by atoms with van der Waals surface area (Å²) < 4.78 is 17.3. The summed E-state index contributed by atoms with van der Waals surface area (Å²) in [4.78, 5) is 6.54. The Balaban J connectivity index is 1.33. The summed E-state index contributed by atoms with van der Waals surface area (Å²) in [5, 5.41) is 7.53. The third kappa shape index (κ3) is 4.03. The maximum atomic E-state index is 5.88. The van der Waals surface area contributed by atoms with E-state index in [-0.39, 0.29) is 0 Å². The van der Waals surface area contributed by atoms with E-state index < -0.39 is 0 Å². The number of likely N-dealkylation sites (tertiary alicyclic amines) is 1. The Morgan fingerprint density at radius 1 is 1.23 bits per heavy atom. The van der Waals surface area contributed by atoms with E-state index in [0.29, 0.717) is 24.9 Å². The highest BCUT2D eigenvalue weighted by Gasteiger charge is 2.28. The summed E-state index contributed by atoms with van der Waals surface area (Å²) in [5.41, 5.74) is 10.3. The summed E-state index contributed by atoms with van der Waals surface area (Å²) in [5.74, 6) is 3.28. The van der Waals surface area contributed by atoms with Crippen LogP contribution in [0.3, 0.4) is 0 Å². The molecule has 31 heavy (non-hydrogen) atoms. The van der Waals surface area contributed by atoms with Crippen LogP contribution in [0.2, 0.25) is 0 Å². The number of anilines is 1. The SMILES string of the molecule is COc1cc2c(cc1CN1CC[C@@H](c3[nH]ncc3-c3ccnc(N)c3)C1)OCCCO2. The van der Waals surface area contributed by atoms with Crippen molar-refractivity contribution >= 4 is 5.82 Å². The predicted molar refractivity (Wildman–Crippen MR) is 117 cm³/mol. The summed E-state index contributed by atoms with van der Waals surface area (Å²) in [6, 6.07) is 7.88. The quantitative estimate of drug-likeness (QED) is 0.653. The zero-order valence-corrected chi connectivity index (χ0v) is 17.6. The maximum absolute atomic E-state index is 5.88. The summed E-state index contributed by atoms with van der Waals surface area (Å²) in [6.45, 7) is 4.07. The fourth-order valence-electron chi connectivity index (χ4n) is 4.45. The minimum Gasteiger partial charge on any atom is -0.496 e. The van der Waals surface area contributed by atoms with Crippen LogP contribution in [0, 0.1) is 0 Å². The molecule has 2 aliphatic heterocycles. The number of H-pyrrole nitrogens is 1. The Morgan fingerprint density at radius 3 is 2.87 bits per heavy atom. The molecule has 3 N–H and O–H groups in total. The van der Waals surface area contributed by atoms with Gasteiger partial charge < -0.3 is 19.9 Å². The fraction of sp³-hybridized carbons (Fsp3) is 0.391. The zero-order valence-electron chi connectivity index (χ0n) is 17.6. The van der Waals surface area contributed by atoms with E-state index >= 15 is 0 Å². The van der Waals surface area contributed by atoms with Gasteiger partial charge in [0.2, 0.25) is 0 Å². The van der Waals surface area contributed by atoms with Crippen molar-refractivity contribution in [3.05, 3.63) is 47.9 Å². The maximum Gasteiger partial charge on any atom is 0.164 e. The molecule has 0 bridgehead atoms. The van der Waals surface area contributed by atoms with Gasteiger partial charge in [0, 0.05) is 54.5 Å². The predicted octanol–water partition coefficient (Wildman–Crippen LogP) is 3.21. The van der Waals surface area contributed by atoms with Gasteiger partial charge in [-0.25, -0.2) is 4.98 Å². The first kappa shape index (κ1) is 19.7. The van der Waals surface area contributed by atoms with Crippen molar-refractivity contribution in [3.63, 3.8) is 0 Å². The second-order valence-corrected chi connectivity index (χ2v) is 8.05. The molecule has 1 atom stereocenters. The molecule has 0 spiro atoms. The lowest BCUT2D eigenvalue weighted by atomic mass is 9.97. The molecule has 2 aromatic heterocycles. The third-order valence-electron chi connectivity index (χ3n) is 5.99. The van der Waals surface area contributed by atoms with Crippen molar-refractivity contribution in [1.29, 1.82) is 0 Å². The van der Waals surface area contributed by atoms with Crippen molar-refractivity contribution in [2.45, 2.75) is 25.3 Å². The molecule has 1 fully saturated rings. The molecule has 0 amide bonds. The number of nitrogens with one attached hydrogen (secondary N) is 1. The van der Waals surface area contributed by atoms with Crippen LogP contribution >= 0.6 is 0 Å². The highest BCUT2D eigenvalue weighted by molar-refractivity contribution is 5.68. The van der Waals surface area contributed by atoms with E-state index in [0.717, 1.165) is 72.1 Å². The Hall–Kier alpha value is -3.26. The average molecular weight is 422 g/mol. The standard InChI is InChI=1S/C23H27N5O3/c1-29-19-11-21-20(30-7-2-8-31-21)9-17(19)14-28-6-4-16(13-28)23-18(12-26-27-23)15-3-5-25-22(24)10-15/h3,5,9-12,16H,2,4,6-8,13-14H2,1H3,(H2,24,25)(H,26,27)/t16-/m1/s1. The van der Waals surface area contributed by atoms with Gasteiger partial charge >= 0.3 is 0 Å². The number of benzene rings is 1. The van der Waals surface area contributed by atoms with Crippen molar-refractivity contribution in [1.82, 2.24) is 20.1 Å². The first-order chi connectivity index (χ1) is 15.2. The minimum absolute atomic E-state index is 0.373. The van der Waals surface area contributed by atoms with Gasteiger partial charge in [0.15, 0.2) is 11.5 Å². The first-order valence-corrected chi connectivity index (χ1v) is 10.7. The van der Waals surface area contributed by atoms with E-state index in [1.165, 1.54) is 0 Å². The third-order valence-corrected chi connectivity index (χ3v) is 5.99. The van der Waals surface area contributed by atoms with Gasteiger partial charge in [-0.2, -0.15) is 5.10 Å². The van der Waals surface area contributed by atoms with Gasteiger partial charge in [0.1, 0.15) is 11.6 Å². The zero-order chi connectivity index (χ0) is 21.2. The van der Waals surface area contributed by atoms with Crippen LogP contribution in [0.25, 0.3) is 11.1 Å². The minimum atomic E-state index is 0.373. The van der Waals surface area contributed by atoms with Gasteiger partial charge in [-0.1, -0.05) is 0 Å². The van der Waals surface area contributed by atoms with Crippen molar-refractivity contribution in [2.24, 2.45) is 0 Å². The number of fused-ring (bicyclic) bond motifs is 1. The molecule has 8 nitrogen and oxygen atoms in total. The summed E-state index contributed by atoms with van der Waals surface area (Å²) in [7, 11) is 1.70. The Labute approximate surface area is 181 Å². The summed E-state index contributed by atoms with van der Waals surface area (Å²) >= 11 is 0. The Bertz CT molecular complexity index is 1070. The van der Waals surface area contributed by atoms with Gasteiger partial charge in [-0.15, -0.1) is 0 Å². The normalized spacial score (nSPS) is 18.7. The highest BCUT2D eigenvalue weighted by Crippen LogP contribution is 2.39. The lowest BCUT2D eigenvalue weighted by molar-refractivity contribution is 0.296. The molecule has 3 aromatic rings. The lowest BCUT2D eigenvalue weighted by Crippen LogP contribution is -2.20. The lowest BCUT2D eigenvalue weighted by Gasteiger charge is -2.20. The second kappa shape index (κ2) is 8.47. The van der Waals surface area contributed by atoms with Crippen LogP contribution in [0.5, 0.6) is 17.2 Å². The number of aromatic nitrogens is 3. The second-order valence-electron chi connectivity index (χ2n) is 8.05. The number of aromatic amines is 1. The number of hydrogen-bond acceptors (Lipinski definition) is 7. The Morgan fingerprint density at radius 2 is 2.06 bits per heavy atom. The summed E-state index contributed by atoms with van der Waals surface area (Å²) in [6.07, 6.45) is 5.55. The largest absolute Gasteiger partial charge is 0.496 e. The van der Waals surface area contributed by atoms with E-state index in [9.17, 15) is 0 Å². The van der Waals surface area contributed by atoms with Crippen LogP contribution in [0.1, 0.15) is 30.0 Å². The van der Waals surface area contributed by atoms with Crippen LogP contribution < -0.4 is 19.9 Å². The van der Waals surface area contributed by atoms with Gasteiger partial charge in [0.05, 0.1) is 26.5 Å². The number of ether oxygens (including phenoxy) is 3. The smallest absolute Gasteiger partial charge is 0.164 e. The number of rotatable bonds is 5. The van der Waals surface area contributed by atoms with Crippen molar-refractivity contribution in [2.75, 3.05) is 39.1 Å². The molecule has 0 unspecified atom stereocenters. The van der Waals surface area contributed by atoms with Gasteiger partial charge in [0.25, 0.3) is 0 Å². The molecule has 5 rings (SSSR count). The number of pyridine rings is 1. The number of hydrogen-bond donors (Lipinski definition) is 2. The van der Waals surface area contributed by atoms with E-state index in [4.69, 9.17) is 19.9 Å². The van der Waals surface area contributed by atoms with Crippen molar-refractivity contribution < 1.29 is 14.2 Å². The fourth-order valence-corrected chi connectivity index (χ4v) is 4.45. The van der Waals surface area contributed by atoms with Crippen LogP contribution in [-0.2, 0) is 6.54 Å². The molecule has 0 saturated carbocycles. The molecule has 0 radical (unpaired) electrons. The highest BCUT2D eigenvalue weighted by atomic mass is 16.5. The Kier molecular flexibility index (Phi) is 5.38. The molecule has 1 saturated heterocycles. The van der Waals surface area contributed by atoms with E-state index in [2.05, 4.69) is 26.1 Å². The molecular weight excluding hydrogens is 394 g/mol. The molecule has 0 aliphatic carbocycles. The molecule has 1 aromatic carbocycles. The number of nitrogen functional groups attached to an aromatic ring is 1.